The molecule has 0 aromatic rings. The molecule has 1 amide bonds. The minimum atomic E-state index is -3.28. The van der Waals surface area contributed by atoms with Crippen molar-refractivity contribution in [1.29, 1.82) is 0 Å². The first-order valence-corrected chi connectivity index (χ1v) is 8.78. The van der Waals surface area contributed by atoms with Gasteiger partial charge in [0, 0.05) is 17.6 Å². The van der Waals surface area contributed by atoms with E-state index in [-0.39, 0.29) is 5.91 Å². The number of hydrogen-bond acceptors (Lipinski definition) is 3. The summed E-state index contributed by atoms with van der Waals surface area (Å²) in [5.41, 5.74) is 0. The number of hydrogen-bond donors (Lipinski definition) is 1. The zero-order chi connectivity index (χ0) is 13.1. The van der Waals surface area contributed by atoms with E-state index in [4.69, 9.17) is 0 Å². The van der Waals surface area contributed by atoms with Gasteiger partial charge in [0.1, 0.15) is 5.25 Å². The lowest BCUT2D eigenvalue weighted by Crippen LogP contribution is -2.40. The Morgan fingerprint density at radius 2 is 1.88 bits per heavy atom. The summed E-state index contributed by atoms with van der Waals surface area (Å²) in [6.45, 7) is 2.03. The third-order valence-electron chi connectivity index (χ3n) is 3.35. The predicted molar refractivity (Wildman–Crippen MR) is 72.0 cm³/mol. The van der Waals surface area contributed by atoms with Gasteiger partial charge in [0.2, 0.25) is 5.91 Å². The number of halogens is 1. The molecule has 0 heterocycles. The normalized spacial score (nSPS) is 27.5. The third kappa shape index (κ3) is 4.95. The predicted octanol–water partition coefficient (Wildman–Crippen LogP) is 1.49. The SMILES string of the molecule is CC(C(=O)NCC1CCC(Br)CC1)S(C)(=O)=O. The summed E-state index contributed by atoms with van der Waals surface area (Å²) in [6, 6.07) is 0. The van der Waals surface area contributed by atoms with Crippen molar-refractivity contribution >= 4 is 31.7 Å². The molecule has 1 saturated carbocycles. The van der Waals surface area contributed by atoms with Crippen LogP contribution in [0, 0.1) is 5.92 Å². The van der Waals surface area contributed by atoms with Crippen LogP contribution in [0.1, 0.15) is 32.6 Å². The lowest BCUT2D eigenvalue weighted by Gasteiger charge is -2.25. The quantitative estimate of drug-likeness (QED) is 0.796. The van der Waals surface area contributed by atoms with Crippen LogP contribution in [0.3, 0.4) is 0 Å². The zero-order valence-electron chi connectivity index (χ0n) is 10.3. The molecule has 0 aromatic carbocycles. The molecule has 0 bridgehead atoms. The number of amides is 1. The Morgan fingerprint density at radius 3 is 2.35 bits per heavy atom. The van der Waals surface area contributed by atoms with Crippen LogP contribution in [-0.2, 0) is 14.6 Å². The first kappa shape index (κ1) is 15.0. The van der Waals surface area contributed by atoms with E-state index in [1.165, 1.54) is 6.92 Å². The summed E-state index contributed by atoms with van der Waals surface area (Å²) in [4.78, 5) is 12.2. The van der Waals surface area contributed by atoms with E-state index in [0.29, 0.717) is 17.3 Å². The van der Waals surface area contributed by atoms with E-state index in [1.54, 1.807) is 0 Å². The second kappa shape index (κ2) is 6.18. The highest BCUT2D eigenvalue weighted by molar-refractivity contribution is 9.09. The van der Waals surface area contributed by atoms with Crippen molar-refractivity contribution in [2.75, 3.05) is 12.8 Å². The van der Waals surface area contributed by atoms with Crippen LogP contribution in [0.5, 0.6) is 0 Å². The summed E-state index contributed by atoms with van der Waals surface area (Å²) in [7, 11) is -3.28. The van der Waals surface area contributed by atoms with Gasteiger partial charge in [0.15, 0.2) is 9.84 Å². The van der Waals surface area contributed by atoms with Crippen molar-refractivity contribution in [2.45, 2.75) is 42.7 Å². The summed E-state index contributed by atoms with van der Waals surface area (Å²) in [5, 5.41) is 1.79. The van der Waals surface area contributed by atoms with Gasteiger partial charge in [-0.1, -0.05) is 15.9 Å². The molecule has 0 aliphatic heterocycles. The number of carbonyl (C=O) groups excluding carboxylic acids is 1. The van der Waals surface area contributed by atoms with Crippen molar-refractivity contribution in [3.8, 4) is 0 Å². The molecule has 0 aromatic heterocycles. The fourth-order valence-electron chi connectivity index (χ4n) is 1.91. The molecule has 1 N–H and O–H groups in total. The fraction of sp³-hybridized carbons (Fsp3) is 0.909. The number of carbonyl (C=O) groups is 1. The van der Waals surface area contributed by atoms with Gasteiger partial charge in [0.05, 0.1) is 0 Å². The zero-order valence-corrected chi connectivity index (χ0v) is 12.7. The van der Waals surface area contributed by atoms with E-state index in [0.717, 1.165) is 31.9 Å². The topological polar surface area (TPSA) is 63.2 Å². The van der Waals surface area contributed by atoms with E-state index in [2.05, 4.69) is 21.2 Å². The fourth-order valence-corrected chi connectivity index (χ4v) is 2.91. The van der Waals surface area contributed by atoms with Crippen molar-refractivity contribution in [3.63, 3.8) is 0 Å². The number of sulfone groups is 1. The lowest BCUT2D eigenvalue weighted by molar-refractivity contribution is -0.120. The molecule has 1 aliphatic rings. The van der Waals surface area contributed by atoms with Gasteiger partial charge in [-0.2, -0.15) is 0 Å². The summed E-state index contributed by atoms with van der Waals surface area (Å²) < 4.78 is 22.4. The van der Waals surface area contributed by atoms with E-state index < -0.39 is 15.1 Å². The van der Waals surface area contributed by atoms with Crippen LogP contribution in [-0.4, -0.2) is 37.2 Å². The van der Waals surface area contributed by atoms with Gasteiger partial charge in [-0.3, -0.25) is 4.79 Å². The first-order valence-electron chi connectivity index (χ1n) is 5.91. The highest BCUT2D eigenvalue weighted by Crippen LogP contribution is 2.28. The van der Waals surface area contributed by atoms with Gasteiger partial charge in [-0.25, -0.2) is 8.42 Å². The number of nitrogens with one attached hydrogen (secondary N) is 1. The van der Waals surface area contributed by atoms with Gasteiger partial charge in [0.25, 0.3) is 0 Å². The standard InChI is InChI=1S/C11H20BrNO3S/c1-8(17(2,15)16)11(14)13-7-9-3-5-10(12)6-4-9/h8-10H,3-7H2,1-2H3,(H,13,14). The van der Waals surface area contributed by atoms with Gasteiger partial charge in [-0.05, 0) is 38.5 Å². The van der Waals surface area contributed by atoms with Gasteiger partial charge in [-0.15, -0.1) is 0 Å². The maximum absolute atomic E-state index is 11.6. The highest BCUT2D eigenvalue weighted by atomic mass is 79.9. The minimum absolute atomic E-state index is 0.381. The first-order chi connectivity index (χ1) is 7.80. The van der Waals surface area contributed by atoms with Crippen molar-refractivity contribution in [3.05, 3.63) is 0 Å². The van der Waals surface area contributed by atoms with Crippen LogP contribution < -0.4 is 5.32 Å². The summed E-state index contributed by atoms with van der Waals surface area (Å²) in [5.74, 6) is 0.105. The summed E-state index contributed by atoms with van der Waals surface area (Å²) >= 11 is 3.58. The molecule has 0 radical (unpaired) electrons. The van der Waals surface area contributed by atoms with Crippen molar-refractivity contribution < 1.29 is 13.2 Å². The molecule has 6 heteroatoms. The number of alkyl halides is 1. The Labute approximate surface area is 112 Å². The molecule has 100 valence electrons. The van der Waals surface area contributed by atoms with Crippen LogP contribution in [0.25, 0.3) is 0 Å². The molecule has 1 atom stereocenters. The molecule has 0 saturated heterocycles. The van der Waals surface area contributed by atoms with E-state index in [9.17, 15) is 13.2 Å². The third-order valence-corrected chi connectivity index (χ3v) is 5.77. The Kier molecular flexibility index (Phi) is 5.44. The molecule has 1 fully saturated rings. The molecule has 17 heavy (non-hydrogen) atoms. The highest BCUT2D eigenvalue weighted by Gasteiger charge is 2.25. The summed E-state index contributed by atoms with van der Waals surface area (Å²) in [6.07, 6.45) is 5.52. The largest absolute Gasteiger partial charge is 0.355 e. The van der Waals surface area contributed by atoms with Gasteiger partial charge < -0.3 is 5.32 Å². The molecular weight excluding hydrogens is 306 g/mol. The Morgan fingerprint density at radius 1 is 1.35 bits per heavy atom. The molecule has 1 aliphatic carbocycles. The lowest BCUT2D eigenvalue weighted by atomic mass is 9.89. The molecule has 0 spiro atoms. The molecule has 1 rings (SSSR count). The smallest absolute Gasteiger partial charge is 0.238 e. The van der Waals surface area contributed by atoms with Crippen LogP contribution >= 0.6 is 15.9 Å². The van der Waals surface area contributed by atoms with Crippen molar-refractivity contribution in [2.24, 2.45) is 5.92 Å². The van der Waals surface area contributed by atoms with Gasteiger partial charge >= 0.3 is 0 Å². The van der Waals surface area contributed by atoms with Crippen LogP contribution in [0.2, 0.25) is 0 Å². The molecule has 4 nitrogen and oxygen atoms in total. The molecule has 1 unspecified atom stereocenters. The average Bonchev–Trinajstić information content (AvgIpc) is 2.25. The van der Waals surface area contributed by atoms with Crippen molar-refractivity contribution in [1.82, 2.24) is 5.32 Å². The Hall–Kier alpha value is -0.100. The average molecular weight is 326 g/mol. The minimum Gasteiger partial charge on any atom is -0.355 e. The van der Waals surface area contributed by atoms with Crippen LogP contribution in [0.15, 0.2) is 0 Å². The Bertz CT molecular complexity index is 361. The Balaban J connectivity index is 2.34. The van der Waals surface area contributed by atoms with E-state index in [1.807, 2.05) is 0 Å². The molecular formula is C11H20BrNO3S. The second-order valence-corrected chi connectivity index (χ2v) is 8.50. The maximum Gasteiger partial charge on any atom is 0.238 e. The maximum atomic E-state index is 11.6. The monoisotopic (exact) mass is 325 g/mol. The number of rotatable bonds is 4. The second-order valence-electron chi connectivity index (χ2n) is 4.83. The van der Waals surface area contributed by atoms with E-state index >= 15 is 0 Å². The van der Waals surface area contributed by atoms with Crippen LogP contribution in [0.4, 0.5) is 0 Å².